The van der Waals surface area contributed by atoms with Crippen LogP contribution in [0.1, 0.15) is 27.7 Å². The summed E-state index contributed by atoms with van der Waals surface area (Å²) in [6, 6.07) is 6.43. The monoisotopic (exact) mass is 333 g/mol. The maximum absolute atomic E-state index is 13.6. The molecule has 1 aliphatic heterocycles. The van der Waals surface area contributed by atoms with Crippen LogP contribution in [0.4, 0.5) is 8.78 Å². The summed E-state index contributed by atoms with van der Waals surface area (Å²) in [6.45, 7) is 7.87. The predicted molar refractivity (Wildman–Crippen MR) is 86.4 cm³/mol. The summed E-state index contributed by atoms with van der Waals surface area (Å²) < 4.78 is 43.7. The molecule has 7 heteroatoms. The van der Waals surface area contributed by atoms with Gasteiger partial charge in [-0.15, -0.1) is 0 Å². The van der Waals surface area contributed by atoms with Crippen LogP contribution in [0.5, 0.6) is 11.6 Å². The molecule has 1 aromatic carbocycles. The molecule has 2 heterocycles. The minimum absolute atomic E-state index is 0.0905. The number of hydrogen-bond acceptors (Lipinski definition) is 4. The van der Waals surface area contributed by atoms with Gasteiger partial charge in [-0.2, -0.15) is 0 Å². The Morgan fingerprint density at radius 2 is 1.67 bits per heavy atom. The van der Waals surface area contributed by atoms with Crippen molar-refractivity contribution < 1.29 is 22.8 Å². The van der Waals surface area contributed by atoms with Gasteiger partial charge in [0.05, 0.1) is 11.2 Å². The van der Waals surface area contributed by atoms with Crippen molar-refractivity contribution in [2.75, 3.05) is 0 Å². The maximum atomic E-state index is 13.6. The SMILES string of the molecule is CC1(C)OB(c2ccc(Oc3ccc(F)cc3F)nc2)OC1(C)C. The van der Waals surface area contributed by atoms with Gasteiger partial charge in [0, 0.05) is 23.8 Å². The van der Waals surface area contributed by atoms with Crippen LogP contribution in [0.25, 0.3) is 0 Å². The Bertz CT molecular complexity index is 734. The molecular weight excluding hydrogens is 315 g/mol. The number of ether oxygens (including phenoxy) is 1. The Hall–Kier alpha value is -1.99. The van der Waals surface area contributed by atoms with Gasteiger partial charge in [0.25, 0.3) is 0 Å². The highest BCUT2D eigenvalue weighted by Gasteiger charge is 2.51. The summed E-state index contributed by atoms with van der Waals surface area (Å²) in [4.78, 5) is 4.13. The van der Waals surface area contributed by atoms with E-state index in [9.17, 15) is 8.78 Å². The summed E-state index contributed by atoms with van der Waals surface area (Å²) in [5, 5.41) is 0. The van der Waals surface area contributed by atoms with E-state index in [1.807, 2.05) is 27.7 Å². The van der Waals surface area contributed by atoms with Crippen molar-refractivity contribution in [1.29, 1.82) is 0 Å². The van der Waals surface area contributed by atoms with Crippen molar-refractivity contribution in [3.05, 3.63) is 48.2 Å². The van der Waals surface area contributed by atoms with Crippen molar-refractivity contribution >= 4 is 12.6 Å². The molecule has 0 amide bonds. The number of pyridine rings is 1. The lowest BCUT2D eigenvalue weighted by molar-refractivity contribution is 0.00578. The predicted octanol–water partition coefficient (Wildman–Crippen LogP) is 3.45. The van der Waals surface area contributed by atoms with Gasteiger partial charge in [-0.1, -0.05) is 6.07 Å². The molecule has 0 radical (unpaired) electrons. The van der Waals surface area contributed by atoms with Crippen molar-refractivity contribution in [3.63, 3.8) is 0 Å². The molecule has 0 spiro atoms. The summed E-state index contributed by atoms with van der Waals surface area (Å²) >= 11 is 0. The van der Waals surface area contributed by atoms with E-state index in [4.69, 9.17) is 14.0 Å². The maximum Gasteiger partial charge on any atom is 0.496 e. The first kappa shape index (κ1) is 16.9. The summed E-state index contributed by atoms with van der Waals surface area (Å²) in [7, 11) is -0.529. The Morgan fingerprint density at radius 3 is 2.21 bits per heavy atom. The van der Waals surface area contributed by atoms with Crippen LogP contribution in [0.15, 0.2) is 36.5 Å². The molecule has 1 aliphatic rings. The topological polar surface area (TPSA) is 40.6 Å². The number of rotatable bonds is 3. The van der Waals surface area contributed by atoms with Gasteiger partial charge >= 0.3 is 7.12 Å². The van der Waals surface area contributed by atoms with Gasteiger partial charge in [-0.3, -0.25) is 0 Å². The molecule has 4 nitrogen and oxygen atoms in total. The van der Waals surface area contributed by atoms with E-state index in [1.54, 1.807) is 18.3 Å². The molecule has 0 N–H and O–H groups in total. The molecule has 2 aromatic rings. The minimum atomic E-state index is -0.785. The zero-order valence-electron chi connectivity index (χ0n) is 14.0. The summed E-state index contributed by atoms with van der Waals surface area (Å²) in [5.41, 5.74) is -0.144. The quantitative estimate of drug-likeness (QED) is 0.807. The van der Waals surface area contributed by atoms with Crippen molar-refractivity contribution in [3.8, 4) is 11.6 Å². The second-order valence-electron chi connectivity index (χ2n) is 6.69. The van der Waals surface area contributed by atoms with Crippen molar-refractivity contribution in [2.24, 2.45) is 0 Å². The molecule has 0 saturated carbocycles. The fraction of sp³-hybridized carbons (Fsp3) is 0.353. The van der Waals surface area contributed by atoms with E-state index in [-0.39, 0.29) is 11.6 Å². The van der Waals surface area contributed by atoms with E-state index in [1.165, 1.54) is 6.07 Å². The van der Waals surface area contributed by atoms with Crippen LogP contribution in [0, 0.1) is 11.6 Å². The van der Waals surface area contributed by atoms with E-state index in [0.717, 1.165) is 17.6 Å². The van der Waals surface area contributed by atoms with Crippen molar-refractivity contribution in [1.82, 2.24) is 4.98 Å². The van der Waals surface area contributed by atoms with Gasteiger partial charge in [0.15, 0.2) is 11.6 Å². The molecule has 1 saturated heterocycles. The summed E-state index contributed by atoms with van der Waals surface area (Å²) in [6.07, 6.45) is 1.55. The zero-order chi connectivity index (χ0) is 17.5. The van der Waals surface area contributed by atoms with Crippen LogP contribution in [0.2, 0.25) is 0 Å². The molecule has 24 heavy (non-hydrogen) atoms. The third-order valence-electron chi connectivity index (χ3n) is 4.39. The Kier molecular flexibility index (Phi) is 4.09. The first-order chi connectivity index (χ1) is 11.2. The first-order valence-corrected chi connectivity index (χ1v) is 7.62. The fourth-order valence-electron chi connectivity index (χ4n) is 2.24. The standard InChI is InChI=1S/C17H18BF2NO3/c1-16(2)17(3,4)24-18(23-16)11-5-8-15(21-10-11)22-14-7-6-12(19)9-13(14)20/h5-10H,1-4H3. The highest BCUT2D eigenvalue weighted by Crippen LogP contribution is 2.36. The van der Waals surface area contributed by atoms with Crippen LogP contribution < -0.4 is 10.2 Å². The smallest absolute Gasteiger partial charge is 0.436 e. The van der Waals surface area contributed by atoms with E-state index in [2.05, 4.69) is 4.98 Å². The minimum Gasteiger partial charge on any atom is -0.436 e. The van der Waals surface area contributed by atoms with Crippen molar-refractivity contribution in [2.45, 2.75) is 38.9 Å². The largest absolute Gasteiger partial charge is 0.496 e. The Balaban J connectivity index is 1.75. The molecule has 0 unspecified atom stereocenters. The van der Waals surface area contributed by atoms with E-state index < -0.39 is 30.0 Å². The lowest BCUT2D eigenvalue weighted by Gasteiger charge is -2.32. The van der Waals surface area contributed by atoms with Gasteiger partial charge in [0.1, 0.15) is 5.82 Å². The van der Waals surface area contributed by atoms with E-state index in [0.29, 0.717) is 0 Å². The van der Waals surface area contributed by atoms with Crippen LogP contribution >= 0.6 is 0 Å². The molecule has 0 atom stereocenters. The molecule has 0 bridgehead atoms. The van der Waals surface area contributed by atoms with Gasteiger partial charge in [-0.25, -0.2) is 13.8 Å². The molecule has 0 aliphatic carbocycles. The third kappa shape index (κ3) is 3.14. The highest BCUT2D eigenvalue weighted by molar-refractivity contribution is 6.62. The second kappa shape index (κ2) is 5.83. The second-order valence-corrected chi connectivity index (χ2v) is 6.69. The van der Waals surface area contributed by atoms with Crippen LogP contribution in [-0.4, -0.2) is 23.3 Å². The molecular formula is C17H18BF2NO3. The third-order valence-corrected chi connectivity index (χ3v) is 4.39. The number of nitrogens with zero attached hydrogens (tertiary/aromatic N) is 1. The molecule has 126 valence electrons. The average Bonchev–Trinajstić information content (AvgIpc) is 2.71. The van der Waals surface area contributed by atoms with Gasteiger partial charge in [-0.05, 0) is 39.8 Å². The zero-order valence-corrected chi connectivity index (χ0v) is 14.0. The lowest BCUT2D eigenvalue weighted by Crippen LogP contribution is -2.41. The van der Waals surface area contributed by atoms with Gasteiger partial charge < -0.3 is 14.0 Å². The Labute approximate surface area is 139 Å². The average molecular weight is 333 g/mol. The van der Waals surface area contributed by atoms with Crippen LogP contribution in [0.3, 0.4) is 0 Å². The number of hydrogen-bond donors (Lipinski definition) is 0. The molecule has 1 fully saturated rings. The number of halogens is 2. The first-order valence-electron chi connectivity index (χ1n) is 7.62. The van der Waals surface area contributed by atoms with Crippen LogP contribution in [-0.2, 0) is 9.31 Å². The van der Waals surface area contributed by atoms with Gasteiger partial charge in [0.2, 0.25) is 5.88 Å². The molecule has 3 rings (SSSR count). The van der Waals surface area contributed by atoms with E-state index >= 15 is 0 Å². The summed E-state index contributed by atoms with van der Waals surface area (Å²) in [5.74, 6) is -1.34. The number of aromatic nitrogens is 1. The highest BCUT2D eigenvalue weighted by atomic mass is 19.1. The number of benzene rings is 1. The Morgan fingerprint density at radius 1 is 1.00 bits per heavy atom. The normalized spacial score (nSPS) is 18.7. The fourth-order valence-corrected chi connectivity index (χ4v) is 2.24. The lowest BCUT2D eigenvalue weighted by atomic mass is 9.80. The molecule has 1 aromatic heterocycles.